The average molecular weight is 418 g/mol. The number of amides is 2. The lowest BCUT2D eigenvalue weighted by molar-refractivity contribution is -0.136. The van der Waals surface area contributed by atoms with Crippen molar-refractivity contribution in [2.24, 2.45) is 0 Å². The number of unbranched alkanes of at least 4 members (excludes halogenated alkanes) is 2. The molecule has 0 heterocycles. The van der Waals surface area contributed by atoms with Crippen LogP contribution in [0, 0.1) is 0 Å². The summed E-state index contributed by atoms with van der Waals surface area (Å²) in [6.45, 7) is 8.69. The summed E-state index contributed by atoms with van der Waals surface area (Å²) >= 11 is 0. The van der Waals surface area contributed by atoms with Gasteiger partial charge in [0, 0.05) is 13.1 Å². The molecule has 0 aliphatic carbocycles. The summed E-state index contributed by atoms with van der Waals surface area (Å²) < 4.78 is 11.6. The van der Waals surface area contributed by atoms with Crippen LogP contribution in [0.5, 0.6) is 11.5 Å². The molecule has 1 aromatic rings. The van der Waals surface area contributed by atoms with Crippen molar-refractivity contribution in [3.8, 4) is 11.5 Å². The van der Waals surface area contributed by atoms with Crippen LogP contribution in [0.3, 0.4) is 0 Å². The summed E-state index contributed by atoms with van der Waals surface area (Å²) in [6, 6.07) is 5.08. The molecular formula is C22H30N2O6. The lowest BCUT2D eigenvalue weighted by Crippen LogP contribution is -2.22. The van der Waals surface area contributed by atoms with Crippen LogP contribution in [-0.2, 0) is 20.8 Å². The smallest absolute Gasteiger partial charge is 0.307 e. The molecule has 3 N–H and O–H groups in total. The Labute approximate surface area is 176 Å². The van der Waals surface area contributed by atoms with Gasteiger partial charge in [-0.2, -0.15) is 0 Å². The monoisotopic (exact) mass is 418 g/mol. The lowest BCUT2D eigenvalue weighted by atomic mass is 10.1. The number of carboxylic acid groups (broad SMARTS) is 1. The second-order valence-corrected chi connectivity index (χ2v) is 6.45. The second-order valence-electron chi connectivity index (χ2n) is 6.45. The average Bonchev–Trinajstić information content (AvgIpc) is 2.73. The fourth-order valence-electron chi connectivity index (χ4n) is 2.45. The first kappa shape index (κ1) is 24.7. The molecule has 1 rings (SSSR count). The normalized spacial score (nSPS) is 10.0. The van der Waals surface area contributed by atoms with Crippen LogP contribution in [0.25, 0.3) is 0 Å². The van der Waals surface area contributed by atoms with E-state index in [4.69, 9.17) is 14.6 Å². The van der Waals surface area contributed by atoms with E-state index < -0.39 is 5.97 Å². The van der Waals surface area contributed by atoms with Crippen LogP contribution in [0.15, 0.2) is 43.5 Å². The molecule has 0 unspecified atom stereocenters. The molecule has 0 bridgehead atoms. The van der Waals surface area contributed by atoms with Gasteiger partial charge in [0.15, 0.2) is 11.5 Å². The Morgan fingerprint density at radius 2 is 1.40 bits per heavy atom. The minimum Gasteiger partial charge on any atom is -0.490 e. The predicted octanol–water partition coefficient (Wildman–Crippen LogP) is 2.24. The van der Waals surface area contributed by atoms with Crippen molar-refractivity contribution in [1.82, 2.24) is 10.6 Å². The van der Waals surface area contributed by atoms with Gasteiger partial charge in [0.2, 0.25) is 11.8 Å². The number of carbonyl (C=O) groups excluding carboxylic acids is 2. The minimum absolute atomic E-state index is 0.104. The zero-order valence-corrected chi connectivity index (χ0v) is 17.2. The Balaban J connectivity index is 2.50. The first-order valence-electron chi connectivity index (χ1n) is 9.87. The molecular weight excluding hydrogens is 388 g/mol. The van der Waals surface area contributed by atoms with Gasteiger partial charge in [-0.1, -0.05) is 19.2 Å². The summed E-state index contributed by atoms with van der Waals surface area (Å²) in [5.74, 6) is -0.307. The standard InChI is InChI=1S/C22H30N2O6/c1-3-20(25)23-11-5-7-13-29-18-10-9-17(16-22(27)28)15-19(18)30-14-8-6-12-24-21(26)4-2/h3-4,9-10,15H,1-2,5-8,11-14,16H2,(H,23,25)(H,24,26)(H,27,28). The van der Waals surface area contributed by atoms with E-state index in [1.165, 1.54) is 12.2 Å². The van der Waals surface area contributed by atoms with Crippen molar-refractivity contribution >= 4 is 17.8 Å². The van der Waals surface area contributed by atoms with E-state index in [0.717, 1.165) is 19.3 Å². The van der Waals surface area contributed by atoms with E-state index >= 15 is 0 Å². The van der Waals surface area contributed by atoms with Crippen molar-refractivity contribution in [1.29, 1.82) is 0 Å². The van der Waals surface area contributed by atoms with E-state index in [1.807, 2.05) is 0 Å². The predicted molar refractivity (Wildman–Crippen MR) is 114 cm³/mol. The zero-order valence-electron chi connectivity index (χ0n) is 17.2. The molecule has 0 aliphatic rings. The highest BCUT2D eigenvalue weighted by molar-refractivity contribution is 5.87. The second kappa shape index (κ2) is 14.7. The van der Waals surface area contributed by atoms with Crippen LogP contribution < -0.4 is 20.1 Å². The van der Waals surface area contributed by atoms with Gasteiger partial charge in [-0.25, -0.2) is 0 Å². The fraction of sp³-hybridized carbons (Fsp3) is 0.409. The third-order valence-electron chi connectivity index (χ3n) is 3.99. The molecule has 30 heavy (non-hydrogen) atoms. The Kier molecular flexibility index (Phi) is 12.1. The van der Waals surface area contributed by atoms with E-state index in [-0.39, 0.29) is 18.2 Å². The molecule has 0 aromatic heterocycles. The molecule has 0 aliphatic heterocycles. The van der Waals surface area contributed by atoms with E-state index in [1.54, 1.807) is 18.2 Å². The number of carbonyl (C=O) groups is 3. The van der Waals surface area contributed by atoms with Gasteiger partial charge >= 0.3 is 5.97 Å². The van der Waals surface area contributed by atoms with Gasteiger partial charge in [-0.05, 0) is 55.5 Å². The molecule has 8 nitrogen and oxygen atoms in total. The Morgan fingerprint density at radius 1 is 0.867 bits per heavy atom. The van der Waals surface area contributed by atoms with Gasteiger partial charge in [-0.3, -0.25) is 14.4 Å². The topological polar surface area (TPSA) is 114 Å². The Bertz CT molecular complexity index is 732. The van der Waals surface area contributed by atoms with Gasteiger partial charge < -0.3 is 25.2 Å². The maximum absolute atomic E-state index is 11.1. The highest BCUT2D eigenvalue weighted by Crippen LogP contribution is 2.29. The third-order valence-corrected chi connectivity index (χ3v) is 3.99. The number of hydrogen-bond acceptors (Lipinski definition) is 5. The first-order chi connectivity index (χ1) is 14.5. The highest BCUT2D eigenvalue weighted by Gasteiger charge is 2.09. The molecule has 164 valence electrons. The number of rotatable bonds is 16. The number of ether oxygens (including phenoxy) is 2. The third kappa shape index (κ3) is 10.9. The summed E-state index contributed by atoms with van der Waals surface area (Å²) in [4.78, 5) is 33.2. The number of carboxylic acids is 1. The Hall–Kier alpha value is -3.29. The summed E-state index contributed by atoms with van der Waals surface area (Å²) in [5, 5.41) is 14.4. The SMILES string of the molecule is C=CC(=O)NCCCCOc1ccc(CC(=O)O)cc1OCCCCNC(=O)C=C. The van der Waals surface area contributed by atoms with Crippen molar-refractivity contribution < 1.29 is 29.0 Å². The van der Waals surface area contributed by atoms with Gasteiger partial charge in [-0.15, -0.1) is 0 Å². The number of aliphatic carboxylic acids is 1. The maximum Gasteiger partial charge on any atom is 0.307 e. The Morgan fingerprint density at radius 3 is 1.90 bits per heavy atom. The van der Waals surface area contributed by atoms with Crippen LogP contribution in [0.2, 0.25) is 0 Å². The molecule has 0 saturated carbocycles. The van der Waals surface area contributed by atoms with Crippen LogP contribution in [0.1, 0.15) is 31.2 Å². The summed E-state index contributed by atoms with van der Waals surface area (Å²) in [5.41, 5.74) is 0.621. The summed E-state index contributed by atoms with van der Waals surface area (Å²) in [7, 11) is 0. The van der Waals surface area contributed by atoms with Crippen LogP contribution in [-0.4, -0.2) is 49.2 Å². The molecule has 0 saturated heterocycles. The van der Waals surface area contributed by atoms with Crippen LogP contribution >= 0.6 is 0 Å². The van der Waals surface area contributed by atoms with E-state index in [0.29, 0.717) is 49.8 Å². The minimum atomic E-state index is -0.922. The quantitative estimate of drug-likeness (QED) is 0.280. The van der Waals surface area contributed by atoms with Gasteiger partial charge in [0.05, 0.1) is 19.6 Å². The largest absolute Gasteiger partial charge is 0.490 e. The van der Waals surface area contributed by atoms with Crippen LogP contribution in [0.4, 0.5) is 0 Å². The van der Waals surface area contributed by atoms with Crippen molar-refractivity contribution in [2.75, 3.05) is 26.3 Å². The number of hydrogen-bond donors (Lipinski definition) is 3. The molecule has 0 fully saturated rings. The number of nitrogens with one attached hydrogen (secondary N) is 2. The molecule has 8 heteroatoms. The maximum atomic E-state index is 11.1. The van der Waals surface area contributed by atoms with E-state index in [9.17, 15) is 14.4 Å². The molecule has 0 atom stereocenters. The molecule has 2 amide bonds. The fourth-order valence-corrected chi connectivity index (χ4v) is 2.45. The van der Waals surface area contributed by atoms with Gasteiger partial charge in [0.25, 0.3) is 0 Å². The summed E-state index contributed by atoms with van der Waals surface area (Å²) in [6.07, 6.45) is 5.28. The highest BCUT2D eigenvalue weighted by atomic mass is 16.5. The lowest BCUT2D eigenvalue weighted by Gasteiger charge is -2.14. The van der Waals surface area contributed by atoms with Crippen molar-refractivity contribution in [2.45, 2.75) is 32.1 Å². The van der Waals surface area contributed by atoms with Crippen molar-refractivity contribution in [3.05, 3.63) is 49.1 Å². The zero-order chi connectivity index (χ0) is 22.2. The molecule has 0 spiro atoms. The molecule has 1 aromatic carbocycles. The first-order valence-corrected chi connectivity index (χ1v) is 9.87. The van der Waals surface area contributed by atoms with E-state index in [2.05, 4.69) is 23.8 Å². The van der Waals surface area contributed by atoms with Crippen molar-refractivity contribution in [3.63, 3.8) is 0 Å². The number of benzene rings is 1. The molecule has 0 radical (unpaired) electrons. The van der Waals surface area contributed by atoms with Gasteiger partial charge in [0.1, 0.15) is 0 Å².